The highest BCUT2D eigenvalue weighted by molar-refractivity contribution is 5.18. The van der Waals surface area contributed by atoms with Crippen LogP contribution >= 0.6 is 0 Å². The van der Waals surface area contributed by atoms with Crippen molar-refractivity contribution in [2.75, 3.05) is 7.11 Å². The Balaban J connectivity index is 1.93. The van der Waals surface area contributed by atoms with Crippen LogP contribution in [-0.2, 0) is 4.74 Å². The molecule has 0 saturated heterocycles. The van der Waals surface area contributed by atoms with Crippen molar-refractivity contribution in [3.05, 3.63) is 12.2 Å². The predicted molar refractivity (Wildman–Crippen MR) is 49.1 cm³/mol. The fraction of sp³-hybridized carbons (Fsp3) is 0.818. The lowest BCUT2D eigenvalue weighted by molar-refractivity contribution is 0.0105. The number of aliphatic hydroxyl groups is 1. The molecule has 6 unspecified atom stereocenters. The van der Waals surface area contributed by atoms with Crippen molar-refractivity contribution in [2.24, 2.45) is 23.7 Å². The number of aliphatic hydroxyl groups excluding tert-OH is 1. The molecule has 6 atom stereocenters. The first-order chi connectivity index (χ1) is 6.31. The Morgan fingerprint density at radius 2 is 1.85 bits per heavy atom. The molecule has 1 N–H and O–H groups in total. The molecule has 0 amide bonds. The topological polar surface area (TPSA) is 29.5 Å². The normalized spacial score (nSPS) is 57.4. The smallest absolute Gasteiger partial charge is 0.0633 e. The molecule has 72 valence electrons. The highest BCUT2D eigenvalue weighted by Crippen LogP contribution is 2.55. The van der Waals surface area contributed by atoms with Gasteiger partial charge in [-0.1, -0.05) is 12.2 Å². The summed E-state index contributed by atoms with van der Waals surface area (Å²) in [6, 6.07) is 0. The summed E-state index contributed by atoms with van der Waals surface area (Å²) in [5.74, 6) is 2.44. The van der Waals surface area contributed by atoms with Crippen LogP contribution in [0.5, 0.6) is 0 Å². The maximum absolute atomic E-state index is 9.91. The minimum absolute atomic E-state index is 0.116. The van der Waals surface area contributed by atoms with Crippen molar-refractivity contribution >= 4 is 0 Å². The van der Waals surface area contributed by atoms with Gasteiger partial charge in [0.05, 0.1) is 12.2 Å². The summed E-state index contributed by atoms with van der Waals surface area (Å²) < 4.78 is 5.45. The first-order valence-electron chi connectivity index (χ1n) is 5.20. The molecule has 2 heteroatoms. The van der Waals surface area contributed by atoms with E-state index in [-0.39, 0.29) is 6.10 Å². The van der Waals surface area contributed by atoms with Crippen LogP contribution < -0.4 is 0 Å². The van der Waals surface area contributed by atoms with E-state index in [0.29, 0.717) is 29.8 Å². The molecule has 0 aromatic carbocycles. The maximum Gasteiger partial charge on any atom is 0.0633 e. The molecule has 2 saturated carbocycles. The minimum Gasteiger partial charge on any atom is -0.393 e. The molecule has 2 nitrogen and oxygen atoms in total. The van der Waals surface area contributed by atoms with Crippen LogP contribution in [0, 0.1) is 23.7 Å². The van der Waals surface area contributed by atoms with Gasteiger partial charge in [-0.05, 0) is 30.6 Å². The molecule has 0 spiro atoms. The Morgan fingerprint density at radius 3 is 2.54 bits per heavy atom. The second-order valence-electron chi connectivity index (χ2n) is 4.68. The van der Waals surface area contributed by atoms with Gasteiger partial charge in [-0.2, -0.15) is 0 Å². The van der Waals surface area contributed by atoms with Crippen LogP contribution in [0.15, 0.2) is 12.2 Å². The SMILES string of the molecule is COC1CC2C=CC3CC(O)C1C32. The first-order valence-corrected chi connectivity index (χ1v) is 5.20. The third-order valence-electron chi connectivity index (χ3n) is 4.23. The van der Waals surface area contributed by atoms with E-state index in [1.807, 2.05) is 0 Å². The van der Waals surface area contributed by atoms with Crippen LogP contribution in [0.4, 0.5) is 0 Å². The van der Waals surface area contributed by atoms with Gasteiger partial charge in [0.1, 0.15) is 0 Å². The molecule has 0 aromatic rings. The predicted octanol–water partition coefficient (Wildman–Crippen LogP) is 1.20. The fourth-order valence-electron chi connectivity index (χ4n) is 3.77. The van der Waals surface area contributed by atoms with Crippen LogP contribution in [0.25, 0.3) is 0 Å². The number of hydrogen-bond acceptors (Lipinski definition) is 2. The molecule has 0 aliphatic heterocycles. The largest absolute Gasteiger partial charge is 0.393 e. The van der Waals surface area contributed by atoms with E-state index < -0.39 is 0 Å². The van der Waals surface area contributed by atoms with Gasteiger partial charge in [0, 0.05) is 13.0 Å². The lowest BCUT2D eigenvalue weighted by Crippen LogP contribution is -2.27. The van der Waals surface area contributed by atoms with Crippen LogP contribution in [0.3, 0.4) is 0 Å². The van der Waals surface area contributed by atoms with Gasteiger partial charge in [0.25, 0.3) is 0 Å². The number of hydrogen-bond donors (Lipinski definition) is 1. The number of allylic oxidation sites excluding steroid dienone is 2. The lowest BCUT2D eigenvalue weighted by Gasteiger charge is -2.20. The van der Waals surface area contributed by atoms with Gasteiger partial charge in [-0.15, -0.1) is 0 Å². The minimum atomic E-state index is -0.116. The van der Waals surface area contributed by atoms with Gasteiger partial charge in [0.2, 0.25) is 0 Å². The van der Waals surface area contributed by atoms with E-state index in [4.69, 9.17) is 4.74 Å². The second kappa shape index (κ2) is 2.58. The summed E-state index contributed by atoms with van der Waals surface area (Å²) in [5, 5.41) is 9.91. The Kier molecular flexibility index (Phi) is 1.59. The van der Waals surface area contributed by atoms with Gasteiger partial charge in [0.15, 0.2) is 0 Å². The van der Waals surface area contributed by atoms with Crippen molar-refractivity contribution in [1.29, 1.82) is 0 Å². The summed E-state index contributed by atoms with van der Waals surface area (Å²) in [6.45, 7) is 0. The van der Waals surface area contributed by atoms with Crippen molar-refractivity contribution in [3.8, 4) is 0 Å². The van der Waals surface area contributed by atoms with E-state index in [0.717, 1.165) is 12.8 Å². The number of ether oxygens (including phenoxy) is 1. The van der Waals surface area contributed by atoms with Gasteiger partial charge >= 0.3 is 0 Å². The third kappa shape index (κ3) is 0.906. The fourth-order valence-corrected chi connectivity index (χ4v) is 3.77. The zero-order valence-corrected chi connectivity index (χ0v) is 7.89. The van der Waals surface area contributed by atoms with E-state index in [9.17, 15) is 5.11 Å². The van der Waals surface area contributed by atoms with Gasteiger partial charge < -0.3 is 9.84 Å². The molecule has 0 heterocycles. The molecular weight excluding hydrogens is 164 g/mol. The molecule has 0 radical (unpaired) electrons. The molecular formula is C11H16O2. The second-order valence-corrected chi connectivity index (χ2v) is 4.68. The van der Waals surface area contributed by atoms with Crippen molar-refractivity contribution < 1.29 is 9.84 Å². The Morgan fingerprint density at radius 1 is 1.15 bits per heavy atom. The zero-order valence-electron chi connectivity index (χ0n) is 7.89. The number of methoxy groups -OCH3 is 1. The van der Waals surface area contributed by atoms with Crippen molar-refractivity contribution in [2.45, 2.75) is 25.0 Å². The van der Waals surface area contributed by atoms with Crippen molar-refractivity contribution in [1.82, 2.24) is 0 Å². The standard InChI is InChI=1S/C11H16O2/c1-13-9-5-7-3-2-6-4-8(12)11(9)10(6)7/h2-3,6-12H,4-5H2,1H3. The van der Waals surface area contributed by atoms with E-state index in [1.54, 1.807) is 7.11 Å². The maximum atomic E-state index is 9.91. The summed E-state index contributed by atoms with van der Waals surface area (Å²) in [6.07, 6.45) is 6.92. The highest BCUT2D eigenvalue weighted by Gasteiger charge is 2.55. The van der Waals surface area contributed by atoms with E-state index in [2.05, 4.69) is 12.2 Å². The molecule has 0 aromatic heterocycles. The average molecular weight is 180 g/mol. The van der Waals surface area contributed by atoms with Crippen LogP contribution in [0.2, 0.25) is 0 Å². The Bertz CT molecular complexity index is 248. The van der Waals surface area contributed by atoms with Crippen molar-refractivity contribution in [3.63, 3.8) is 0 Å². The Hall–Kier alpha value is -0.340. The highest BCUT2D eigenvalue weighted by atomic mass is 16.5. The lowest BCUT2D eigenvalue weighted by atomic mass is 9.91. The average Bonchev–Trinajstić information content (AvgIpc) is 2.70. The summed E-state index contributed by atoms with van der Waals surface area (Å²) in [7, 11) is 1.77. The molecule has 2 fully saturated rings. The number of rotatable bonds is 1. The Labute approximate surface area is 78.6 Å². The summed E-state index contributed by atoms with van der Waals surface area (Å²) in [5.41, 5.74) is 0. The first kappa shape index (κ1) is 8.01. The van der Waals surface area contributed by atoms with Gasteiger partial charge in [-0.3, -0.25) is 0 Å². The summed E-state index contributed by atoms with van der Waals surface area (Å²) in [4.78, 5) is 0. The zero-order chi connectivity index (χ0) is 9.00. The molecule has 13 heavy (non-hydrogen) atoms. The van der Waals surface area contributed by atoms with Crippen LogP contribution in [0.1, 0.15) is 12.8 Å². The summed E-state index contributed by atoms with van der Waals surface area (Å²) >= 11 is 0. The molecule has 0 bridgehead atoms. The molecule has 3 aliphatic rings. The quantitative estimate of drug-likeness (QED) is 0.614. The third-order valence-corrected chi connectivity index (χ3v) is 4.23. The van der Waals surface area contributed by atoms with Gasteiger partial charge in [-0.25, -0.2) is 0 Å². The molecule has 3 rings (SSSR count). The monoisotopic (exact) mass is 180 g/mol. The van der Waals surface area contributed by atoms with Crippen LogP contribution in [-0.4, -0.2) is 24.4 Å². The van der Waals surface area contributed by atoms with E-state index >= 15 is 0 Å². The molecule has 3 aliphatic carbocycles. The van der Waals surface area contributed by atoms with E-state index in [1.165, 1.54) is 0 Å².